The number of nitrogens with zero attached hydrogens (tertiary/aromatic N) is 3. The lowest BCUT2D eigenvalue weighted by atomic mass is 10.2. The maximum Gasteiger partial charge on any atom is 0.225 e. The van der Waals surface area contributed by atoms with Gasteiger partial charge in [-0.15, -0.1) is 0 Å². The molecule has 0 bridgehead atoms. The number of hydrogen-bond acceptors (Lipinski definition) is 5. The van der Waals surface area contributed by atoms with Crippen molar-refractivity contribution in [3.8, 4) is 5.75 Å². The summed E-state index contributed by atoms with van der Waals surface area (Å²) in [6, 6.07) is 9.77. The summed E-state index contributed by atoms with van der Waals surface area (Å²) in [7, 11) is 3.62. The van der Waals surface area contributed by atoms with Crippen LogP contribution < -0.4 is 15.4 Å². The van der Waals surface area contributed by atoms with E-state index in [0.29, 0.717) is 19.0 Å². The minimum Gasteiger partial charge on any atom is -0.497 e. The van der Waals surface area contributed by atoms with Crippen LogP contribution in [0.25, 0.3) is 0 Å². The number of methoxy groups -OCH3 is 1. The number of benzene rings is 1. The van der Waals surface area contributed by atoms with Crippen LogP contribution in [0.5, 0.6) is 5.75 Å². The second-order valence-corrected chi connectivity index (χ2v) is 4.26. The number of aromatic nitrogens is 2. The molecule has 0 saturated heterocycles. The third kappa shape index (κ3) is 3.42. The van der Waals surface area contributed by atoms with E-state index in [1.807, 2.05) is 42.3 Å². The van der Waals surface area contributed by atoms with Crippen LogP contribution in [-0.4, -0.2) is 24.1 Å². The number of ether oxygens (including phenoxy) is 1. The van der Waals surface area contributed by atoms with E-state index in [2.05, 4.69) is 9.97 Å². The molecule has 5 heteroatoms. The van der Waals surface area contributed by atoms with Gasteiger partial charge in [-0.05, 0) is 23.8 Å². The average Bonchev–Trinajstić information content (AvgIpc) is 2.47. The zero-order valence-corrected chi connectivity index (χ0v) is 11.2. The molecule has 2 rings (SSSR count). The van der Waals surface area contributed by atoms with Gasteiger partial charge in [0.25, 0.3) is 0 Å². The van der Waals surface area contributed by atoms with Crippen LogP contribution in [0.15, 0.2) is 36.5 Å². The maximum atomic E-state index is 5.58. The molecular formula is C14H18N4O. The summed E-state index contributed by atoms with van der Waals surface area (Å²) in [5, 5.41) is 0. The van der Waals surface area contributed by atoms with Gasteiger partial charge < -0.3 is 15.4 Å². The van der Waals surface area contributed by atoms with E-state index >= 15 is 0 Å². The van der Waals surface area contributed by atoms with Gasteiger partial charge in [-0.1, -0.05) is 12.1 Å². The van der Waals surface area contributed by atoms with Gasteiger partial charge in [0, 0.05) is 26.3 Å². The smallest absolute Gasteiger partial charge is 0.225 e. The Bertz CT molecular complexity index is 544. The lowest BCUT2D eigenvalue weighted by molar-refractivity contribution is 0.414. The second kappa shape index (κ2) is 6.15. The molecule has 0 aliphatic heterocycles. The predicted molar refractivity (Wildman–Crippen MR) is 75.0 cm³/mol. The Hall–Kier alpha value is -2.14. The van der Waals surface area contributed by atoms with Gasteiger partial charge in [0.05, 0.1) is 12.8 Å². The van der Waals surface area contributed by atoms with Crippen LogP contribution in [0, 0.1) is 0 Å². The zero-order valence-electron chi connectivity index (χ0n) is 11.2. The molecule has 19 heavy (non-hydrogen) atoms. The number of hydrogen-bond donors (Lipinski definition) is 1. The van der Waals surface area contributed by atoms with Crippen molar-refractivity contribution in [3.05, 3.63) is 47.8 Å². The van der Waals surface area contributed by atoms with Crippen LogP contribution in [0.3, 0.4) is 0 Å². The lowest BCUT2D eigenvalue weighted by Crippen LogP contribution is -2.19. The van der Waals surface area contributed by atoms with Crippen molar-refractivity contribution >= 4 is 5.95 Å². The monoisotopic (exact) mass is 258 g/mol. The summed E-state index contributed by atoms with van der Waals surface area (Å²) in [5.74, 6) is 1.52. The van der Waals surface area contributed by atoms with Gasteiger partial charge in [0.1, 0.15) is 5.75 Å². The van der Waals surface area contributed by atoms with E-state index in [0.717, 1.165) is 17.0 Å². The standard InChI is InChI=1S/C14H18N4O/c1-18(14-16-7-6-12(9-15)17-14)10-11-4-3-5-13(8-11)19-2/h3-8H,9-10,15H2,1-2H3. The van der Waals surface area contributed by atoms with Crippen LogP contribution in [0.4, 0.5) is 5.95 Å². The van der Waals surface area contributed by atoms with E-state index in [9.17, 15) is 0 Å². The fourth-order valence-electron chi connectivity index (χ4n) is 1.80. The molecule has 1 aromatic carbocycles. The zero-order chi connectivity index (χ0) is 13.7. The van der Waals surface area contributed by atoms with E-state index < -0.39 is 0 Å². The minimum absolute atomic E-state index is 0.419. The first-order valence-corrected chi connectivity index (χ1v) is 6.09. The highest BCUT2D eigenvalue weighted by atomic mass is 16.5. The molecule has 0 aliphatic carbocycles. The molecule has 5 nitrogen and oxygen atoms in total. The Morgan fingerprint density at radius 2 is 2.16 bits per heavy atom. The Labute approximate surface area is 113 Å². The van der Waals surface area contributed by atoms with Crippen molar-refractivity contribution in [1.82, 2.24) is 9.97 Å². The number of nitrogens with two attached hydrogens (primary N) is 1. The number of anilines is 1. The molecule has 0 spiro atoms. The summed E-state index contributed by atoms with van der Waals surface area (Å²) >= 11 is 0. The molecule has 0 aliphatic rings. The fraction of sp³-hybridized carbons (Fsp3) is 0.286. The normalized spacial score (nSPS) is 10.3. The molecule has 0 saturated carbocycles. The first-order valence-electron chi connectivity index (χ1n) is 6.09. The van der Waals surface area contributed by atoms with E-state index in [-0.39, 0.29) is 0 Å². The summed E-state index contributed by atoms with van der Waals surface area (Å²) < 4.78 is 5.21. The fourth-order valence-corrected chi connectivity index (χ4v) is 1.80. The van der Waals surface area contributed by atoms with Crippen molar-refractivity contribution < 1.29 is 4.74 Å². The molecular weight excluding hydrogens is 240 g/mol. The molecule has 100 valence electrons. The summed E-state index contributed by atoms with van der Waals surface area (Å²) in [5.41, 5.74) is 7.56. The summed E-state index contributed by atoms with van der Waals surface area (Å²) in [4.78, 5) is 10.6. The highest BCUT2D eigenvalue weighted by Crippen LogP contribution is 2.15. The summed E-state index contributed by atoms with van der Waals surface area (Å²) in [6.07, 6.45) is 1.73. The molecule has 0 radical (unpaired) electrons. The molecule has 0 unspecified atom stereocenters. The van der Waals surface area contributed by atoms with Gasteiger partial charge in [-0.3, -0.25) is 0 Å². The first-order chi connectivity index (χ1) is 9.22. The number of rotatable bonds is 5. The molecule has 1 aromatic heterocycles. The second-order valence-electron chi connectivity index (χ2n) is 4.26. The van der Waals surface area contributed by atoms with Crippen molar-refractivity contribution in [2.24, 2.45) is 5.73 Å². The van der Waals surface area contributed by atoms with E-state index in [1.165, 1.54) is 0 Å². The SMILES string of the molecule is COc1cccc(CN(C)c2nccc(CN)n2)c1. The van der Waals surface area contributed by atoms with Crippen LogP contribution >= 0.6 is 0 Å². The highest BCUT2D eigenvalue weighted by molar-refractivity contribution is 5.34. The molecule has 0 atom stereocenters. The Balaban J connectivity index is 2.13. The Morgan fingerprint density at radius 1 is 1.32 bits per heavy atom. The van der Waals surface area contributed by atoms with Gasteiger partial charge in [-0.2, -0.15) is 0 Å². The van der Waals surface area contributed by atoms with Gasteiger partial charge in [-0.25, -0.2) is 9.97 Å². The van der Waals surface area contributed by atoms with Gasteiger partial charge >= 0.3 is 0 Å². The van der Waals surface area contributed by atoms with Crippen LogP contribution in [-0.2, 0) is 13.1 Å². The van der Waals surface area contributed by atoms with Crippen LogP contribution in [0.2, 0.25) is 0 Å². The van der Waals surface area contributed by atoms with Gasteiger partial charge in [0.2, 0.25) is 5.95 Å². The Kier molecular flexibility index (Phi) is 4.30. The van der Waals surface area contributed by atoms with Gasteiger partial charge in [0.15, 0.2) is 0 Å². The first kappa shape index (κ1) is 13.3. The van der Waals surface area contributed by atoms with E-state index in [1.54, 1.807) is 13.3 Å². The largest absolute Gasteiger partial charge is 0.497 e. The summed E-state index contributed by atoms with van der Waals surface area (Å²) in [6.45, 7) is 1.13. The molecule has 0 fully saturated rings. The van der Waals surface area contributed by atoms with Crippen LogP contribution in [0.1, 0.15) is 11.3 Å². The van der Waals surface area contributed by atoms with Crippen molar-refractivity contribution in [2.45, 2.75) is 13.1 Å². The predicted octanol–water partition coefficient (Wildman–Crippen LogP) is 1.58. The quantitative estimate of drug-likeness (QED) is 0.882. The average molecular weight is 258 g/mol. The molecule has 2 aromatic rings. The molecule has 0 amide bonds. The maximum absolute atomic E-state index is 5.58. The molecule has 2 N–H and O–H groups in total. The molecule has 1 heterocycles. The minimum atomic E-state index is 0.419. The highest BCUT2D eigenvalue weighted by Gasteiger charge is 2.06. The van der Waals surface area contributed by atoms with E-state index in [4.69, 9.17) is 10.5 Å². The van der Waals surface area contributed by atoms with Crippen molar-refractivity contribution in [1.29, 1.82) is 0 Å². The lowest BCUT2D eigenvalue weighted by Gasteiger charge is -2.17. The van der Waals surface area contributed by atoms with Crippen molar-refractivity contribution in [3.63, 3.8) is 0 Å². The Morgan fingerprint density at radius 3 is 2.89 bits per heavy atom. The third-order valence-corrected chi connectivity index (χ3v) is 2.80. The topological polar surface area (TPSA) is 64.3 Å². The van der Waals surface area contributed by atoms with Crippen molar-refractivity contribution in [2.75, 3.05) is 19.1 Å². The third-order valence-electron chi connectivity index (χ3n) is 2.80.